The highest BCUT2D eigenvalue weighted by molar-refractivity contribution is 7.89. The predicted molar refractivity (Wildman–Crippen MR) is 81.4 cm³/mol. The fraction of sp³-hybridized carbons (Fsp3) is 0.533. The van der Waals surface area contributed by atoms with Crippen LogP contribution in [0.25, 0.3) is 0 Å². The summed E-state index contributed by atoms with van der Waals surface area (Å²) in [7, 11) is -3.81. The maximum absolute atomic E-state index is 12.2. The minimum Gasteiger partial charge on any atom is -0.349 e. The Morgan fingerprint density at radius 3 is 2.43 bits per heavy atom. The summed E-state index contributed by atoms with van der Waals surface area (Å²) in [5.41, 5.74) is 0.879. The Balaban J connectivity index is 2.13. The smallest absolute Gasteiger partial charge is 0.251 e. The van der Waals surface area contributed by atoms with Crippen molar-refractivity contribution in [2.45, 2.75) is 50.5 Å². The van der Waals surface area contributed by atoms with Crippen molar-refractivity contribution in [3.05, 3.63) is 29.3 Å². The second-order valence-corrected chi connectivity index (χ2v) is 7.49. The van der Waals surface area contributed by atoms with E-state index in [1.165, 1.54) is 6.07 Å². The highest BCUT2D eigenvalue weighted by atomic mass is 32.2. The molecule has 1 aromatic rings. The first-order chi connectivity index (χ1) is 9.77. The zero-order chi connectivity index (χ0) is 15.6. The second kappa shape index (κ2) is 6.15. The molecular weight excluding hydrogens is 288 g/mol. The summed E-state index contributed by atoms with van der Waals surface area (Å²) >= 11 is 0. The predicted octanol–water partition coefficient (Wildman–Crippen LogP) is 1.95. The molecule has 2 rings (SSSR count). The van der Waals surface area contributed by atoms with E-state index in [1.54, 1.807) is 19.1 Å². The van der Waals surface area contributed by atoms with Crippen LogP contribution >= 0.6 is 0 Å². The van der Waals surface area contributed by atoms with Crippen LogP contribution in [0.2, 0.25) is 0 Å². The molecule has 0 aliphatic heterocycles. The fourth-order valence-corrected chi connectivity index (χ4v) is 3.53. The van der Waals surface area contributed by atoms with Crippen LogP contribution in [0.4, 0.5) is 0 Å². The molecule has 0 saturated heterocycles. The number of amides is 1. The van der Waals surface area contributed by atoms with Gasteiger partial charge in [-0.25, -0.2) is 13.6 Å². The Morgan fingerprint density at radius 1 is 1.24 bits per heavy atom. The van der Waals surface area contributed by atoms with Crippen molar-refractivity contribution < 1.29 is 13.2 Å². The highest BCUT2D eigenvalue weighted by Gasteiger charge is 2.21. The number of primary sulfonamides is 1. The molecule has 0 aromatic heterocycles. The SMILES string of the molecule is Cc1ccc(C(=O)NC2CCC(C)CC2)cc1S(N)(=O)=O. The molecule has 0 bridgehead atoms. The van der Waals surface area contributed by atoms with Crippen molar-refractivity contribution in [3.63, 3.8) is 0 Å². The molecule has 0 atom stereocenters. The summed E-state index contributed by atoms with van der Waals surface area (Å²) in [6, 6.07) is 4.77. The van der Waals surface area contributed by atoms with Gasteiger partial charge in [-0.3, -0.25) is 4.79 Å². The van der Waals surface area contributed by atoms with Gasteiger partial charge in [0.1, 0.15) is 0 Å². The molecule has 116 valence electrons. The van der Waals surface area contributed by atoms with Crippen LogP contribution in [-0.2, 0) is 10.0 Å². The van der Waals surface area contributed by atoms with E-state index < -0.39 is 10.0 Å². The summed E-state index contributed by atoms with van der Waals surface area (Å²) in [5.74, 6) is 0.478. The van der Waals surface area contributed by atoms with Crippen LogP contribution in [0.15, 0.2) is 23.1 Å². The van der Waals surface area contributed by atoms with E-state index in [2.05, 4.69) is 12.2 Å². The van der Waals surface area contributed by atoms with Gasteiger partial charge in [0.2, 0.25) is 10.0 Å². The molecule has 6 heteroatoms. The minimum absolute atomic E-state index is 0.00687. The number of nitrogens with two attached hydrogens (primary N) is 1. The molecule has 1 aliphatic carbocycles. The van der Waals surface area contributed by atoms with Crippen LogP contribution in [0.5, 0.6) is 0 Å². The lowest BCUT2D eigenvalue weighted by molar-refractivity contribution is 0.0923. The first kappa shape index (κ1) is 16.0. The fourth-order valence-electron chi connectivity index (χ4n) is 2.72. The van der Waals surface area contributed by atoms with Gasteiger partial charge in [-0.05, 0) is 56.2 Å². The quantitative estimate of drug-likeness (QED) is 0.894. The van der Waals surface area contributed by atoms with Gasteiger partial charge in [0.25, 0.3) is 5.91 Å². The van der Waals surface area contributed by atoms with Gasteiger partial charge in [-0.1, -0.05) is 13.0 Å². The van der Waals surface area contributed by atoms with Gasteiger partial charge in [-0.15, -0.1) is 0 Å². The molecule has 1 fully saturated rings. The molecule has 1 amide bonds. The molecule has 3 N–H and O–H groups in total. The summed E-state index contributed by atoms with van der Waals surface area (Å²) in [6.07, 6.45) is 4.17. The summed E-state index contributed by atoms with van der Waals surface area (Å²) < 4.78 is 23.0. The zero-order valence-electron chi connectivity index (χ0n) is 12.4. The van der Waals surface area contributed by atoms with Crippen molar-refractivity contribution >= 4 is 15.9 Å². The zero-order valence-corrected chi connectivity index (χ0v) is 13.2. The van der Waals surface area contributed by atoms with Gasteiger partial charge >= 0.3 is 0 Å². The van der Waals surface area contributed by atoms with Gasteiger partial charge in [0.15, 0.2) is 0 Å². The van der Waals surface area contributed by atoms with Crippen molar-refractivity contribution in [3.8, 4) is 0 Å². The molecule has 0 heterocycles. The second-order valence-electron chi connectivity index (χ2n) is 5.96. The van der Waals surface area contributed by atoms with Crippen LogP contribution in [0.3, 0.4) is 0 Å². The van der Waals surface area contributed by atoms with Crippen LogP contribution < -0.4 is 10.5 Å². The van der Waals surface area contributed by atoms with E-state index in [4.69, 9.17) is 5.14 Å². The van der Waals surface area contributed by atoms with Crippen molar-refractivity contribution in [2.24, 2.45) is 11.1 Å². The lowest BCUT2D eigenvalue weighted by Crippen LogP contribution is -2.37. The normalized spacial score (nSPS) is 22.8. The molecule has 0 unspecified atom stereocenters. The molecule has 1 aliphatic rings. The molecule has 0 spiro atoms. The number of hydrogen-bond donors (Lipinski definition) is 2. The van der Waals surface area contributed by atoms with Crippen molar-refractivity contribution in [1.29, 1.82) is 0 Å². The van der Waals surface area contributed by atoms with E-state index in [-0.39, 0.29) is 16.8 Å². The van der Waals surface area contributed by atoms with E-state index in [0.717, 1.165) is 25.7 Å². The minimum atomic E-state index is -3.81. The Morgan fingerprint density at radius 2 is 1.86 bits per heavy atom. The average Bonchev–Trinajstić information content (AvgIpc) is 2.40. The Bertz CT molecular complexity index is 632. The van der Waals surface area contributed by atoms with E-state index >= 15 is 0 Å². The lowest BCUT2D eigenvalue weighted by Gasteiger charge is -2.27. The van der Waals surface area contributed by atoms with Gasteiger partial charge in [0.05, 0.1) is 4.90 Å². The summed E-state index contributed by atoms with van der Waals surface area (Å²) in [5, 5.41) is 8.15. The number of benzene rings is 1. The number of sulfonamides is 1. The lowest BCUT2D eigenvalue weighted by atomic mass is 9.87. The molecule has 1 saturated carbocycles. The van der Waals surface area contributed by atoms with E-state index in [0.29, 0.717) is 17.0 Å². The number of nitrogens with one attached hydrogen (secondary N) is 1. The molecular formula is C15H22N2O3S. The maximum atomic E-state index is 12.2. The monoisotopic (exact) mass is 310 g/mol. The summed E-state index contributed by atoms with van der Waals surface area (Å²) in [6.45, 7) is 3.88. The topological polar surface area (TPSA) is 89.3 Å². The Labute approximate surface area is 126 Å². The number of rotatable bonds is 3. The Kier molecular flexibility index (Phi) is 4.68. The van der Waals surface area contributed by atoms with Gasteiger partial charge in [-0.2, -0.15) is 0 Å². The van der Waals surface area contributed by atoms with Crippen LogP contribution in [-0.4, -0.2) is 20.4 Å². The van der Waals surface area contributed by atoms with Crippen LogP contribution in [0, 0.1) is 12.8 Å². The maximum Gasteiger partial charge on any atom is 0.251 e. The van der Waals surface area contributed by atoms with Crippen molar-refractivity contribution in [1.82, 2.24) is 5.32 Å². The largest absolute Gasteiger partial charge is 0.349 e. The number of aryl methyl sites for hydroxylation is 1. The van der Waals surface area contributed by atoms with Gasteiger partial charge < -0.3 is 5.32 Å². The molecule has 21 heavy (non-hydrogen) atoms. The highest BCUT2D eigenvalue weighted by Crippen LogP contribution is 2.24. The van der Waals surface area contributed by atoms with Crippen LogP contribution in [0.1, 0.15) is 48.5 Å². The third-order valence-electron chi connectivity index (χ3n) is 4.11. The average molecular weight is 310 g/mol. The van der Waals surface area contributed by atoms with E-state index in [9.17, 15) is 13.2 Å². The number of carbonyl (C=O) groups is 1. The number of hydrogen-bond acceptors (Lipinski definition) is 3. The molecule has 5 nitrogen and oxygen atoms in total. The third-order valence-corrected chi connectivity index (χ3v) is 5.16. The van der Waals surface area contributed by atoms with Crippen molar-refractivity contribution in [2.75, 3.05) is 0 Å². The van der Waals surface area contributed by atoms with Gasteiger partial charge in [0, 0.05) is 11.6 Å². The molecule has 1 aromatic carbocycles. The van der Waals surface area contributed by atoms with E-state index in [1.807, 2.05) is 0 Å². The summed E-state index contributed by atoms with van der Waals surface area (Å²) in [4.78, 5) is 12.2. The standard InChI is InChI=1S/C15H22N2O3S/c1-10-3-7-13(8-4-10)17-15(18)12-6-5-11(2)14(9-12)21(16,19)20/h5-6,9-10,13H,3-4,7-8H2,1-2H3,(H,17,18)(H2,16,19,20). The Hall–Kier alpha value is -1.40. The third kappa shape index (κ3) is 4.04. The first-order valence-electron chi connectivity index (χ1n) is 7.21. The first-order valence-corrected chi connectivity index (χ1v) is 8.76. The number of carbonyl (C=O) groups excluding carboxylic acids is 1. The molecule has 0 radical (unpaired) electrons.